The van der Waals surface area contributed by atoms with Crippen molar-refractivity contribution in [3.05, 3.63) is 35.4 Å². The number of nitrogens with zero attached hydrogens (tertiary/aromatic N) is 1. The highest BCUT2D eigenvalue weighted by Crippen LogP contribution is 2.36. The Hall–Kier alpha value is -2.58. The average Bonchev–Trinajstić information content (AvgIpc) is 2.97. The predicted molar refractivity (Wildman–Crippen MR) is 92.9 cm³/mol. The smallest absolute Gasteiger partial charge is 0.416 e. The quantitative estimate of drug-likeness (QED) is 0.767. The molecule has 28 heavy (non-hydrogen) atoms. The molecule has 6 nitrogen and oxygen atoms in total. The van der Waals surface area contributed by atoms with Crippen LogP contribution in [-0.4, -0.2) is 45.5 Å². The Labute approximate surface area is 160 Å². The summed E-state index contributed by atoms with van der Waals surface area (Å²) in [4.78, 5) is 38.1. The molecule has 2 rings (SSSR count). The number of hydrogen-bond acceptors (Lipinski definition) is 4. The molecule has 0 saturated carbocycles. The number of ether oxygens (including phenoxy) is 1. The molecule has 1 amide bonds. The molecule has 0 bridgehead atoms. The van der Waals surface area contributed by atoms with Crippen LogP contribution in [0.25, 0.3) is 0 Å². The first-order valence-corrected chi connectivity index (χ1v) is 8.71. The minimum atomic E-state index is -4.54. The molecule has 0 radical (unpaired) electrons. The number of halogens is 3. The molecule has 0 aromatic heterocycles. The molecule has 1 atom stereocenters. The largest absolute Gasteiger partial charge is 0.479 e. The molecule has 0 aliphatic carbocycles. The number of carboxylic acids is 1. The summed E-state index contributed by atoms with van der Waals surface area (Å²) in [5, 5.41) is 9.78. The van der Waals surface area contributed by atoms with E-state index in [1.807, 2.05) is 0 Å². The molecule has 154 valence electrons. The number of carbonyl (C=O) groups is 3. The lowest BCUT2D eigenvalue weighted by Gasteiger charge is -2.35. The molecule has 1 aromatic rings. The lowest BCUT2D eigenvalue weighted by molar-refractivity contribution is -0.149. The minimum absolute atomic E-state index is 0.0496. The van der Waals surface area contributed by atoms with Crippen LogP contribution in [0.2, 0.25) is 0 Å². The van der Waals surface area contributed by atoms with Crippen LogP contribution < -0.4 is 0 Å². The minimum Gasteiger partial charge on any atom is -0.479 e. The second kappa shape index (κ2) is 7.44. The number of ketones is 1. The molecule has 1 aliphatic rings. The normalized spacial score (nSPS) is 20.1. The SMILES string of the molecule is CC(C)(C)OC(=O)N1CCC[C@]1(CC(=O)c1ccc(C(F)(F)F)cc1)C(=O)O. The Morgan fingerprint density at radius 1 is 1.14 bits per heavy atom. The summed E-state index contributed by atoms with van der Waals surface area (Å²) < 4.78 is 43.3. The van der Waals surface area contributed by atoms with Crippen molar-refractivity contribution in [2.75, 3.05) is 6.54 Å². The van der Waals surface area contributed by atoms with Crippen molar-refractivity contribution in [1.82, 2.24) is 4.90 Å². The molecule has 1 aliphatic heterocycles. The zero-order chi connectivity index (χ0) is 21.3. The van der Waals surface area contributed by atoms with Crippen molar-refractivity contribution in [3.63, 3.8) is 0 Å². The van der Waals surface area contributed by atoms with Gasteiger partial charge in [0.25, 0.3) is 0 Å². The molecule has 9 heteroatoms. The number of carbonyl (C=O) groups excluding carboxylic acids is 2. The number of aliphatic carboxylic acids is 1. The number of amides is 1. The molecule has 1 heterocycles. The van der Waals surface area contributed by atoms with E-state index in [4.69, 9.17) is 4.74 Å². The van der Waals surface area contributed by atoms with Gasteiger partial charge in [0, 0.05) is 18.5 Å². The zero-order valence-corrected chi connectivity index (χ0v) is 15.8. The molecule has 0 spiro atoms. The number of alkyl halides is 3. The van der Waals surface area contributed by atoms with Crippen molar-refractivity contribution in [2.24, 2.45) is 0 Å². The summed E-state index contributed by atoms with van der Waals surface area (Å²) in [5.41, 5.74) is -3.60. The van der Waals surface area contributed by atoms with Gasteiger partial charge >= 0.3 is 18.2 Å². The fourth-order valence-electron chi connectivity index (χ4n) is 3.16. The van der Waals surface area contributed by atoms with E-state index >= 15 is 0 Å². The van der Waals surface area contributed by atoms with Crippen LogP contribution in [0, 0.1) is 0 Å². The van der Waals surface area contributed by atoms with E-state index in [0.717, 1.165) is 29.2 Å². The van der Waals surface area contributed by atoms with Crippen LogP contribution in [0.4, 0.5) is 18.0 Å². The Bertz CT molecular complexity index is 767. The molecule has 1 N–H and O–H groups in total. The second-order valence-corrected chi connectivity index (χ2v) is 7.75. The Balaban J connectivity index is 2.27. The predicted octanol–water partition coefficient (Wildman–Crippen LogP) is 4.13. The summed E-state index contributed by atoms with van der Waals surface area (Å²) in [6.45, 7) is 5.02. The van der Waals surface area contributed by atoms with E-state index in [1.54, 1.807) is 20.8 Å². The molecular formula is C19H22F3NO5. The third kappa shape index (κ3) is 4.63. The summed E-state index contributed by atoms with van der Waals surface area (Å²) in [7, 11) is 0. The number of hydrogen-bond donors (Lipinski definition) is 1. The fraction of sp³-hybridized carbons (Fsp3) is 0.526. The van der Waals surface area contributed by atoms with Gasteiger partial charge in [-0.05, 0) is 45.7 Å². The van der Waals surface area contributed by atoms with E-state index in [2.05, 4.69) is 0 Å². The highest BCUT2D eigenvalue weighted by atomic mass is 19.4. The Kier molecular flexibility index (Phi) is 5.77. The average molecular weight is 401 g/mol. The topological polar surface area (TPSA) is 83.9 Å². The van der Waals surface area contributed by atoms with Crippen LogP contribution in [0.1, 0.15) is 56.0 Å². The van der Waals surface area contributed by atoms with E-state index in [0.29, 0.717) is 6.42 Å². The number of benzene rings is 1. The van der Waals surface area contributed by atoms with Crippen LogP contribution in [-0.2, 0) is 15.7 Å². The fourth-order valence-corrected chi connectivity index (χ4v) is 3.16. The second-order valence-electron chi connectivity index (χ2n) is 7.75. The van der Waals surface area contributed by atoms with Gasteiger partial charge in [0.15, 0.2) is 11.3 Å². The van der Waals surface area contributed by atoms with Gasteiger partial charge in [0.05, 0.1) is 5.56 Å². The van der Waals surface area contributed by atoms with Crippen LogP contribution in [0.5, 0.6) is 0 Å². The van der Waals surface area contributed by atoms with Crippen molar-refractivity contribution in [1.29, 1.82) is 0 Å². The first-order chi connectivity index (χ1) is 12.8. The first-order valence-electron chi connectivity index (χ1n) is 8.71. The summed E-state index contributed by atoms with van der Waals surface area (Å²) in [5.74, 6) is -2.01. The van der Waals surface area contributed by atoms with Gasteiger partial charge in [-0.3, -0.25) is 9.69 Å². The highest BCUT2D eigenvalue weighted by molar-refractivity contribution is 6.01. The third-order valence-corrected chi connectivity index (χ3v) is 4.49. The van der Waals surface area contributed by atoms with E-state index < -0.39 is 47.1 Å². The Morgan fingerprint density at radius 3 is 2.18 bits per heavy atom. The summed E-state index contributed by atoms with van der Waals surface area (Å²) in [6, 6.07) is 3.54. The maximum Gasteiger partial charge on any atom is 0.416 e. The molecule has 1 saturated heterocycles. The number of carboxylic acid groups (broad SMARTS) is 1. The highest BCUT2D eigenvalue weighted by Gasteiger charge is 2.52. The zero-order valence-electron chi connectivity index (χ0n) is 15.8. The third-order valence-electron chi connectivity index (χ3n) is 4.49. The molecular weight excluding hydrogens is 379 g/mol. The van der Waals surface area contributed by atoms with Crippen LogP contribution in [0.15, 0.2) is 24.3 Å². The van der Waals surface area contributed by atoms with E-state index in [-0.39, 0.29) is 18.5 Å². The van der Waals surface area contributed by atoms with E-state index in [9.17, 15) is 32.7 Å². The number of Topliss-reactive ketones (excluding diaryl/α,β-unsaturated/α-hetero) is 1. The van der Waals surface area contributed by atoms with Gasteiger partial charge in [-0.2, -0.15) is 13.2 Å². The molecule has 0 unspecified atom stereocenters. The van der Waals surface area contributed by atoms with Gasteiger partial charge in [0.1, 0.15) is 5.60 Å². The summed E-state index contributed by atoms with van der Waals surface area (Å²) in [6.07, 6.45) is -5.51. The van der Waals surface area contributed by atoms with Crippen molar-refractivity contribution in [3.8, 4) is 0 Å². The standard InChI is InChI=1S/C19H22F3NO5/c1-17(2,3)28-16(27)23-10-4-9-18(23,15(25)26)11-14(24)12-5-7-13(8-6-12)19(20,21)22/h5-8H,4,9-11H2,1-3H3,(H,25,26)/t18-/m0/s1. The monoisotopic (exact) mass is 401 g/mol. The van der Waals surface area contributed by atoms with Gasteiger partial charge < -0.3 is 9.84 Å². The van der Waals surface area contributed by atoms with E-state index in [1.165, 1.54) is 0 Å². The maximum absolute atomic E-state index is 12.7. The first kappa shape index (κ1) is 21.7. The van der Waals surface area contributed by atoms with Gasteiger partial charge in [-0.15, -0.1) is 0 Å². The molecule has 1 aromatic carbocycles. The lowest BCUT2D eigenvalue weighted by Crippen LogP contribution is -2.55. The number of rotatable bonds is 4. The Morgan fingerprint density at radius 2 is 1.71 bits per heavy atom. The van der Waals surface area contributed by atoms with Gasteiger partial charge in [-0.1, -0.05) is 12.1 Å². The maximum atomic E-state index is 12.7. The van der Waals surface area contributed by atoms with Crippen LogP contribution >= 0.6 is 0 Å². The van der Waals surface area contributed by atoms with Crippen molar-refractivity contribution < 1.29 is 37.4 Å². The lowest BCUT2D eigenvalue weighted by atomic mass is 9.87. The van der Waals surface area contributed by atoms with Crippen molar-refractivity contribution >= 4 is 17.8 Å². The van der Waals surface area contributed by atoms with Gasteiger partial charge in [0.2, 0.25) is 0 Å². The molecule has 1 fully saturated rings. The number of likely N-dealkylation sites (tertiary alicyclic amines) is 1. The van der Waals surface area contributed by atoms with Crippen molar-refractivity contribution in [2.45, 2.75) is 57.3 Å². The van der Waals surface area contributed by atoms with Crippen LogP contribution in [0.3, 0.4) is 0 Å². The summed E-state index contributed by atoms with van der Waals surface area (Å²) >= 11 is 0. The van der Waals surface area contributed by atoms with Gasteiger partial charge in [-0.25, -0.2) is 9.59 Å².